The van der Waals surface area contributed by atoms with Crippen molar-refractivity contribution in [2.75, 3.05) is 24.2 Å². The predicted molar refractivity (Wildman–Crippen MR) is 168 cm³/mol. The number of likely N-dealkylation sites (N-methyl/N-ethyl adjacent to an activating group) is 1. The summed E-state index contributed by atoms with van der Waals surface area (Å²) < 4.78 is 33.6. The highest BCUT2D eigenvalue weighted by molar-refractivity contribution is 9.10. The van der Waals surface area contributed by atoms with Gasteiger partial charge in [0.15, 0.2) is 0 Å². The van der Waals surface area contributed by atoms with Crippen LogP contribution in [0, 0.1) is 0 Å². The van der Waals surface area contributed by atoms with Crippen molar-refractivity contribution < 1.29 is 22.7 Å². The third kappa shape index (κ3) is 8.43. The summed E-state index contributed by atoms with van der Waals surface area (Å²) in [5.41, 5.74) is 1.95. The van der Waals surface area contributed by atoms with Gasteiger partial charge in [-0.15, -0.1) is 0 Å². The van der Waals surface area contributed by atoms with Gasteiger partial charge in [-0.1, -0.05) is 76.6 Å². The minimum absolute atomic E-state index is 0.102. The molecule has 0 aliphatic carbocycles. The number of carbonyl (C=O) groups is 2. The number of halogens is 1. The SMILES string of the molecule is CNC(=O)C(Cc1ccccc1)N(Cc1cccc(Br)c1)C(=O)CN(c1ccc(Oc2ccccc2)cc1)S(C)(=O)=O. The van der Waals surface area contributed by atoms with Crippen LogP contribution in [0.1, 0.15) is 11.1 Å². The van der Waals surface area contributed by atoms with Crippen molar-refractivity contribution in [3.63, 3.8) is 0 Å². The highest BCUT2D eigenvalue weighted by atomic mass is 79.9. The number of benzene rings is 4. The molecule has 0 aromatic heterocycles. The number of sulfonamides is 1. The standard InChI is InChI=1S/C32H32BrN3O5S/c1-34-32(38)30(21-24-10-5-3-6-11-24)35(22-25-12-9-13-26(33)20-25)31(37)23-36(42(2,39)40)27-16-18-29(19-17-27)41-28-14-7-4-8-15-28/h3-20,30H,21-23H2,1-2H3,(H,34,38). The fourth-order valence-corrected chi connectivity index (χ4v) is 5.77. The van der Waals surface area contributed by atoms with Gasteiger partial charge in [0, 0.05) is 24.5 Å². The first-order valence-corrected chi connectivity index (χ1v) is 15.9. The van der Waals surface area contributed by atoms with Crippen LogP contribution in [-0.2, 0) is 32.6 Å². The summed E-state index contributed by atoms with van der Waals surface area (Å²) in [4.78, 5) is 28.7. The molecule has 4 aromatic rings. The molecule has 4 aromatic carbocycles. The largest absolute Gasteiger partial charge is 0.457 e. The van der Waals surface area contributed by atoms with Gasteiger partial charge in [-0.25, -0.2) is 8.42 Å². The molecule has 1 N–H and O–H groups in total. The minimum Gasteiger partial charge on any atom is -0.457 e. The Morgan fingerprint density at radius 3 is 2.02 bits per heavy atom. The van der Waals surface area contributed by atoms with E-state index >= 15 is 0 Å². The maximum absolute atomic E-state index is 14.0. The van der Waals surface area contributed by atoms with Crippen LogP contribution in [0.25, 0.3) is 0 Å². The molecule has 1 atom stereocenters. The van der Waals surface area contributed by atoms with Crippen LogP contribution in [0.5, 0.6) is 11.5 Å². The van der Waals surface area contributed by atoms with E-state index in [-0.39, 0.29) is 18.9 Å². The number of rotatable bonds is 12. The van der Waals surface area contributed by atoms with Crippen molar-refractivity contribution in [3.8, 4) is 11.5 Å². The molecule has 0 heterocycles. The highest BCUT2D eigenvalue weighted by Gasteiger charge is 2.32. The summed E-state index contributed by atoms with van der Waals surface area (Å²) in [6.07, 6.45) is 1.30. The van der Waals surface area contributed by atoms with Crippen molar-refractivity contribution in [1.82, 2.24) is 10.2 Å². The molecule has 4 rings (SSSR count). The lowest BCUT2D eigenvalue weighted by Gasteiger charge is -2.33. The van der Waals surface area contributed by atoms with Crippen molar-refractivity contribution in [2.45, 2.75) is 19.0 Å². The van der Waals surface area contributed by atoms with Crippen molar-refractivity contribution in [1.29, 1.82) is 0 Å². The number of carbonyl (C=O) groups excluding carboxylic acids is 2. The first-order valence-electron chi connectivity index (χ1n) is 13.2. The maximum atomic E-state index is 14.0. The molecule has 10 heteroatoms. The number of amides is 2. The summed E-state index contributed by atoms with van der Waals surface area (Å²) in [5.74, 6) is 0.288. The van der Waals surface area contributed by atoms with Gasteiger partial charge >= 0.3 is 0 Å². The van der Waals surface area contributed by atoms with Gasteiger partial charge < -0.3 is 15.0 Å². The smallest absolute Gasteiger partial charge is 0.244 e. The molecule has 218 valence electrons. The second kappa shape index (κ2) is 14.2. The number of nitrogens with one attached hydrogen (secondary N) is 1. The Labute approximate surface area is 255 Å². The molecule has 0 bridgehead atoms. The van der Waals surface area contributed by atoms with Crippen molar-refractivity contribution in [2.24, 2.45) is 0 Å². The summed E-state index contributed by atoms with van der Waals surface area (Å²) in [7, 11) is -2.35. The van der Waals surface area contributed by atoms with E-state index in [2.05, 4.69) is 21.2 Å². The van der Waals surface area contributed by atoms with Gasteiger partial charge in [0.05, 0.1) is 11.9 Å². The Hall–Kier alpha value is -4.15. The molecular weight excluding hydrogens is 618 g/mol. The number of nitrogens with zero attached hydrogens (tertiary/aromatic N) is 2. The number of hydrogen-bond donors (Lipinski definition) is 1. The normalized spacial score (nSPS) is 11.8. The van der Waals surface area contributed by atoms with Gasteiger partial charge in [0.25, 0.3) is 0 Å². The van der Waals surface area contributed by atoms with Gasteiger partial charge in [0.1, 0.15) is 24.1 Å². The zero-order valence-corrected chi connectivity index (χ0v) is 25.7. The lowest BCUT2D eigenvalue weighted by molar-refractivity contribution is -0.139. The fourth-order valence-electron chi connectivity index (χ4n) is 4.47. The Kier molecular flexibility index (Phi) is 10.4. The first kappa shape index (κ1) is 30.8. The highest BCUT2D eigenvalue weighted by Crippen LogP contribution is 2.26. The zero-order chi connectivity index (χ0) is 30.1. The Balaban J connectivity index is 1.65. The lowest BCUT2D eigenvalue weighted by Crippen LogP contribution is -2.52. The minimum atomic E-state index is -3.87. The number of ether oxygens (including phenoxy) is 1. The fraction of sp³-hybridized carbons (Fsp3) is 0.188. The quantitative estimate of drug-likeness (QED) is 0.222. The number of anilines is 1. The third-order valence-electron chi connectivity index (χ3n) is 6.54. The molecule has 0 saturated carbocycles. The van der Waals surface area contributed by atoms with Gasteiger partial charge in [-0.05, 0) is 59.7 Å². The van der Waals surface area contributed by atoms with E-state index in [0.717, 1.165) is 26.2 Å². The van der Waals surface area contributed by atoms with Gasteiger partial charge in [-0.3, -0.25) is 13.9 Å². The van der Waals surface area contributed by atoms with Crippen LogP contribution < -0.4 is 14.4 Å². The number of para-hydroxylation sites is 1. The summed E-state index contributed by atoms with van der Waals surface area (Å²) in [6, 6.07) is 31.6. The summed E-state index contributed by atoms with van der Waals surface area (Å²) in [6.45, 7) is -0.390. The average Bonchev–Trinajstić information content (AvgIpc) is 2.98. The summed E-state index contributed by atoms with van der Waals surface area (Å²) in [5, 5.41) is 2.67. The molecule has 0 radical (unpaired) electrons. The van der Waals surface area contributed by atoms with Crippen LogP contribution >= 0.6 is 15.9 Å². The lowest BCUT2D eigenvalue weighted by atomic mass is 10.0. The summed E-state index contributed by atoms with van der Waals surface area (Å²) >= 11 is 3.47. The van der Waals surface area contributed by atoms with Crippen molar-refractivity contribution in [3.05, 3.63) is 125 Å². The van der Waals surface area contributed by atoms with Crippen LogP contribution in [-0.4, -0.2) is 51.0 Å². The van der Waals surface area contributed by atoms with E-state index in [1.54, 1.807) is 24.3 Å². The molecule has 2 amide bonds. The van der Waals surface area contributed by atoms with Crippen LogP contribution in [0.4, 0.5) is 5.69 Å². The molecule has 1 unspecified atom stereocenters. The van der Waals surface area contributed by atoms with Crippen molar-refractivity contribution >= 4 is 43.5 Å². The Bertz CT molecular complexity index is 1600. The monoisotopic (exact) mass is 649 g/mol. The topological polar surface area (TPSA) is 96.0 Å². The van der Waals surface area contributed by atoms with E-state index in [4.69, 9.17) is 4.74 Å². The van der Waals surface area contributed by atoms with E-state index in [9.17, 15) is 18.0 Å². The van der Waals surface area contributed by atoms with Gasteiger partial charge in [0.2, 0.25) is 21.8 Å². The molecule has 0 spiro atoms. The third-order valence-corrected chi connectivity index (χ3v) is 8.18. The average molecular weight is 651 g/mol. The Morgan fingerprint density at radius 2 is 1.43 bits per heavy atom. The molecule has 0 saturated heterocycles. The van der Waals surface area contributed by atoms with Crippen LogP contribution in [0.15, 0.2) is 114 Å². The predicted octanol–water partition coefficient (Wildman–Crippen LogP) is 5.39. The van der Waals surface area contributed by atoms with E-state index in [1.165, 1.54) is 11.9 Å². The molecule has 0 fully saturated rings. The van der Waals surface area contributed by atoms with Gasteiger partial charge in [-0.2, -0.15) is 0 Å². The second-order valence-electron chi connectivity index (χ2n) is 9.65. The van der Waals surface area contributed by atoms with E-state index in [1.807, 2.05) is 84.9 Å². The zero-order valence-electron chi connectivity index (χ0n) is 23.3. The van der Waals surface area contributed by atoms with Crippen LogP contribution in [0.2, 0.25) is 0 Å². The Morgan fingerprint density at radius 1 is 0.833 bits per heavy atom. The van der Waals surface area contributed by atoms with E-state index < -0.39 is 28.5 Å². The maximum Gasteiger partial charge on any atom is 0.244 e. The molecule has 0 aliphatic rings. The van der Waals surface area contributed by atoms with E-state index in [0.29, 0.717) is 17.2 Å². The van der Waals surface area contributed by atoms with Crippen LogP contribution in [0.3, 0.4) is 0 Å². The first-order chi connectivity index (χ1) is 20.1. The molecular formula is C32H32BrN3O5S. The molecule has 8 nitrogen and oxygen atoms in total. The molecule has 42 heavy (non-hydrogen) atoms. The number of hydrogen-bond acceptors (Lipinski definition) is 5. The second-order valence-corrected chi connectivity index (χ2v) is 12.5. The molecule has 0 aliphatic heterocycles.